The summed E-state index contributed by atoms with van der Waals surface area (Å²) in [5.41, 5.74) is 5.76. The van der Waals surface area contributed by atoms with Crippen molar-refractivity contribution in [3.8, 4) is 5.75 Å². The number of hydrogen-bond acceptors (Lipinski definition) is 6. The molecule has 0 aliphatic carbocycles. The van der Waals surface area contributed by atoms with E-state index in [1.807, 2.05) is 0 Å². The predicted octanol–water partition coefficient (Wildman–Crippen LogP) is 2.82. The van der Waals surface area contributed by atoms with Crippen LogP contribution < -0.4 is 15.4 Å². The SMILES string of the molecule is Nc1nc(COc2ccc(F)cc2Cl)nc(N2CCCCC2)n1. The van der Waals surface area contributed by atoms with Gasteiger partial charge in [-0.2, -0.15) is 15.0 Å². The maximum Gasteiger partial charge on any atom is 0.230 e. The quantitative estimate of drug-likeness (QED) is 0.924. The van der Waals surface area contributed by atoms with Crippen molar-refractivity contribution in [2.45, 2.75) is 25.9 Å². The van der Waals surface area contributed by atoms with Crippen LogP contribution in [0.4, 0.5) is 16.3 Å². The fourth-order valence-electron chi connectivity index (χ4n) is 2.46. The first-order valence-electron chi connectivity index (χ1n) is 7.45. The molecule has 1 aliphatic rings. The molecule has 8 heteroatoms. The van der Waals surface area contributed by atoms with E-state index in [4.69, 9.17) is 22.1 Å². The number of ether oxygens (including phenoxy) is 1. The summed E-state index contributed by atoms with van der Waals surface area (Å²) >= 11 is 5.93. The van der Waals surface area contributed by atoms with Crippen LogP contribution in [-0.4, -0.2) is 28.0 Å². The Morgan fingerprint density at radius 3 is 2.70 bits per heavy atom. The first-order chi connectivity index (χ1) is 11.1. The Hall–Kier alpha value is -2.15. The topological polar surface area (TPSA) is 77.2 Å². The smallest absolute Gasteiger partial charge is 0.230 e. The Balaban J connectivity index is 1.73. The van der Waals surface area contributed by atoms with Gasteiger partial charge in [0.25, 0.3) is 0 Å². The second-order valence-corrected chi connectivity index (χ2v) is 5.73. The van der Waals surface area contributed by atoms with Crippen molar-refractivity contribution in [2.24, 2.45) is 0 Å². The Kier molecular flexibility index (Phi) is 4.76. The van der Waals surface area contributed by atoms with Gasteiger partial charge in [0.2, 0.25) is 11.9 Å². The van der Waals surface area contributed by atoms with Crippen LogP contribution in [-0.2, 0) is 6.61 Å². The predicted molar refractivity (Wildman–Crippen MR) is 86.0 cm³/mol. The van der Waals surface area contributed by atoms with Crippen molar-refractivity contribution in [3.05, 3.63) is 34.9 Å². The summed E-state index contributed by atoms with van der Waals surface area (Å²) in [6.45, 7) is 1.90. The van der Waals surface area contributed by atoms with Crippen LogP contribution in [0.3, 0.4) is 0 Å². The van der Waals surface area contributed by atoms with Gasteiger partial charge in [0.15, 0.2) is 5.82 Å². The number of aromatic nitrogens is 3. The maximum atomic E-state index is 13.0. The van der Waals surface area contributed by atoms with E-state index < -0.39 is 5.82 Å². The third kappa shape index (κ3) is 3.98. The number of anilines is 2. The lowest BCUT2D eigenvalue weighted by Gasteiger charge is -2.26. The van der Waals surface area contributed by atoms with E-state index in [0.717, 1.165) is 25.9 Å². The van der Waals surface area contributed by atoms with E-state index in [1.54, 1.807) is 0 Å². The minimum Gasteiger partial charge on any atom is -0.484 e. The zero-order valence-corrected chi connectivity index (χ0v) is 13.3. The van der Waals surface area contributed by atoms with Gasteiger partial charge in [-0.1, -0.05) is 11.6 Å². The third-order valence-corrected chi connectivity index (χ3v) is 3.87. The maximum absolute atomic E-state index is 13.0. The number of halogens is 2. The normalized spacial score (nSPS) is 14.8. The molecule has 0 saturated carbocycles. The van der Waals surface area contributed by atoms with Crippen LogP contribution in [0.1, 0.15) is 25.1 Å². The zero-order valence-electron chi connectivity index (χ0n) is 12.5. The van der Waals surface area contributed by atoms with E-state index in [-0.39, 0.29) is 17.6 Å². The molecule has 0 radical (unpaired) electrons. The molecule has 2 heterocycles. The minimum atomic E-state index is -0.417. The van der Waals surface area contributed by atoms with Crippen molar-refractivity contribution >= 4 is 23.5 Å². The van der Waals surface area contributed by atoms with Gasteiger partial charge in [0.1, 0.15) is 18.2 Å². The molecular formula is C15H17ClFN5O. The van der Waals surface area contributed by atoms with Gasteiger partial charge in [0.05, 0.1) is 5.02 Å². The minimum absolute atomic E-state index is 0.0823. The van der Waals surface area contributed by atoms with E-state index >= 15 is 0 Å². The Bertz CT molecular complexity index is 694. The lowest BCUT2D eigenvalue weighted by atomic mass is 10.1. The number of rotatable bonds is 4. The lowest BCUT2D eigenvalue weighted by molar-refractivity contribution is 0.295. The fraction of sp³-hybridized carbons (Fsp3) is 0.400. The van der Waals surface area contributed by atoms with Gasteiger partial charge in [-0.05, 0) is 37.5 Å². The zero-order chi connectivity index (χ0) is 16.2. The lowest BCUT2D eigenvalue weighted by Crippen LogP contribution is -2.31. The average molecular weight is 338 g/mol. The van der Waals surface area contributed by atoms with Crippen LogP contribution in [0.25, 0.3) is 0 Å². The van der Waals surface area contributed by atoms with E-state index in [0.29, 0.717) is 17.5 Å². The summed E-state index contributed by atoms with van der Waals surface area (Å²) < 4.78 is 18.6. The van der Waals surface area contributed by atoms with Crippen molar-refractivity contribution in [2.75, 3.05) is 23.7 Å². The fourth-order valence-corrected chi connectivity index (χ4v) is 2.68. The largest absolute Gasteiger partial charge is 0.484 e. The highest BCUT2D eigenvalue weighted by molar-refractivity contribution is 6.32. The van der Waals surface area contributed by atoms with E-state index in [9.17, 15) is 4.39 Å². The highest BCUT2D eigenvalue weighted by atomic mass is 35.5. The number of piperidine rings is 1. The summed E-state index contributed by atoms with van der Waals surface area (Å²) in [6, 6.07) is 3.94. The molecule has 3 rings (SSSR count). The molecule has 1 fully saturated rings. The molecule has 23 heavy (non-hydrogen) atoms. The summed E-state index contributed by atoms with van der Waals surface area (Å²) in [7, 11) is 0. The van der Waals surface area contributed by atoms with Crippen LogP contribution in [0.2, 0.25) is 5.02 Å². The number of nitrogens with zero attached hydrogens (tertiary/aromatic N) is 4. The van der Waals surface area contributed by atoms with Crippen LogP contribution in [0, 0.1) is 5.82 Å². The summed E-state index contributed by atoms with van der Waals surface area (Å²) in [5.74, 6) is 1.09. The molecule has 2 aromatic rings. The van der Waals surface area contributed by atoms with Gasteiger partial charge >= 0.3 is 0 Å². The molecule has 0 unspecified atom stereocenters. The second-order valence-electron chi connectivity index (χ2n) is 5.32. The summed E-state index contributed by atoms with van der Waals surface area (Å²) in [5, 5.41) is 0.197. The molecule has 0 atom stereocenters. The van der Waals surface area contributed by atoms with Gasteiger partial charge in [-0.3, -0.25) is 0 Å². The molecule has 1 saturated heterocycles. The van der Waals surface area contributed by atoms with Gasteiger partial charge < -0.3 is 15.4 Å². The highest BCUT2D eigenvalue weighted by Gasteiger charge is 2.16. The van der Waals surface area contributed by atoms with Crippen LogP contribution in [0.5, 0.6) is 5.75 Å². The highest BCUT2D eigenvalue weighted by Crippen LogP contribution is 2.25. The van der Waals surface area contributed by atoms with Crippen molar-refractivity contribution in [1.82, 2.24) is 15.0 Å². The molecular weight excluding hydrogens is 321 g/mol. The van der Waals surface area contributed by atoms with Crippen molar-refractivity contribution < 1.29 is 9.13 Å². The first kappa shape index (κ1) is 15.7. The second kappa shape index (κ2) is 6.95. The molecule has 1 aromatic heterocycles. The Morgan fingerprint density at radius 1 is 1.17 bits per heavy atom. The molecule has 0 bridgehead atoms. The number of benzene rings is 1. The first-order valence-corrected chi connectivity index (χ1v) is 7.83. The Labute approximate surface area is 138 Å². The van der Waals surface area contributed by atoms with Gasteiger partial charge in [0, 0.05) is 13.1 Å². The van der Waals surface area contributed by atoms with Crippen LogP contribution >= 0.6 is 11.6 Å². The number of nitrogens with two attached hydrogens (primary N) is 1. The van der Waals surface area contributed by atoms with E-state index in [2.05, 4.69) is 19.9 Å². The molecule has 2 N–H and O–H groups in total. The van der Waals surface area contributed by atoms with Gasteiger partial charge in [-0.15, -0.1) is 0 Å². The summed E-state index contributed by atoms with van der Waals surface area (Å²) in [6.07, 6.45) is 3.45. The molecule has 1 aliphatic heterocycles. The standard InChI is InChI=1S/C15H17ClFN5O/c16-11-8-10(17)4-5-12(11)23-9-13-19-14(18)21-15(20-13)22-6-2-1-3-7-22/h4-5,8H,1-3,6-7,9H2,(H2,18,19,20,21). The van der Waals surface area contributed by atoms with E-state index in [1.165, 1.54) is 24.6 Å². The average Bonchev–Trinajstić information content (AvgIpc) is 2.54. The Morgan fingerprint density at radius 2 is 1.96 bits per heavy atom. The van der Waals surface area contributed by atoms with Crippen molar-refractivity contribution in [1.29, 1.82) is 0 Å². The molecule has 0 spiro atoms. The number of hydrogen-bond donors (Lipinski definition) is 1. The molecule has 6 nitrogen and oxygen atoms in total. The molecule has 122 valence electrons. The summed E-state index contributed by atoms with van der Waals surface area (Å²) in [4.78, 5) is 14.8. The van der Waals surface area contributed by atoms with Gasteiger partial charge in [-0.25, -0.2) is 4.39 Å². The van der Waals surface area contributed by atoms with Crippen molar-refractivity contribution in [3.63, 3.8) is 0 Å². The monoisotopic (exact) mass is 337 g/mol. The number of nitrogen functional groups attached to an aromatic ring is 1. The van der Waals surface area contributed by atoms with Crippen LogP contribution in [0.15, 0.2) is 18.2 Å². The molecule has 1 aromatic carbocycles. The molecule has 0 amide bonds. The third-order valence-electron chi connectivity index (χ3n) is 3.58.